The summed E-state index contributed by atoms with van der Waals surface area (Å²) in [6, 6.07) is 1.45. The van der Waals surface area contributed by atoms with Gasteiger partial charge in [-0.05, 0) is 19.4 Å². The molecule has 0 aromatic carbocycles. The number of carbonyl (C=O) groups is 1. The summed E-state index contributed by atoms with van der Waals surface area (Å²) in [7, 11) is -2.64. The number of fused-ring (bicyclic) bond motifs is 1. The van der Waals surface area contributed by atoms with Crippen LogP contribution in [0.1, 0.15) is 19.0 Å². The number of methoxy groups -OCH3 is 1. The molecule has 0 atom stereocenters. The van der Waals surface area contributed by atoms with E-state index in [2.05, 4.69) is 14.9 Å². The van der Waals surface area contributed by atoms with Gasteiger partial charge in [-0.3, -0.25) is 4.79 Å². The number of aromatic nitrogens is 2. The molecule has 0 fully saturated rings. The van der Waals surface area contributed by atoms with Gasteiger partial charge in [-0.1, -0.05) is 12.1 Å². The monoisotopic (exact) mass is 327 g/mol. The summed E-state index contributed by atoms with van der Waals surface area (Å²) < 4.78 is 35.9. The molecule has 0 spiro atoms. The third kappa shape index (κ3) is 3.09. The van der Waals surface area contributed by atoms with Crippen LogP contribution >= 0.6 is 0 Å². The maximum atomic E-state index is 12.7. The first-order valence-electron chi connectivity index (χ1n) is 6.69. The van der Waals surface area contributed by atoms with Crippen LogP contribution in [0.5, 0.6) is 0 Å². The van der Waals surface area contributed by atoms with Gasteiger partial charge in [0.15, 0.2) is 0 Å². The Morgan fingerprint density at radius 2 is 2.18 bits per heavy atom. The van der Waals surface area contributed by atoms with Crippen LogP contribution in [0.4, 0.5) is 0 Å². The van der Waals surface area contributed by atoms with E-state index in [-0.39, 0.29) is 23.7 Å². The van der Waals surface area contributed by atoms with Crippen LogP contribution in [0.3, 0.4) is 0 Å². The molecule has 2 heterocycles. The molecule has 0 saturated carbocycles. The fraction of sp³-hybridized carbons (Fsp3) is 0.462. The average Bonchev–Trinajstić information content (AvgIpc) is 2.87. The van der Waals surface area contributed by atoms with Gasteiger partial charge in [0, 0.05) is 6.54 Å². The summed E-state index contributed by atoms with van der Waals surface area (Å²) >= 11 is 0. The van der Waals surface area contributed by atoms with Gasteiger partial charge in [-0.2, -0.15) is 4.31 Å². The molecule has 0 N–H and O–H groups in total. The molecule has 0 aliphatic rings. The lowest BCUT2D eigenvalue weighted by atomic mass is 10.3. The first-order chi connectivity index (χ1) is 10.4. The van der Waals surface area contributed by atoms with Crippen molar-refractivity contribution in [3.8, 4) is 0 Å². The SMILES string of the molecule is CCCN(CC(=O)OC)S(=O)(=O)c1cnc2onc(C)c2c1. The number of ether oxygens (including phenoxy) is 1. The Labute approximate surface area is 128 Å². The largest absolute Gasteiger partial charge is 0.468 e. The van der Waals surface area contributed by atoms with Gasteiger partial charge in [0.1, 0.15) is 11.4 Å². The van der Waals surface area contributed by atoms with Gasteiger partial charge < -0.3 is 9.26 Å². The number of rotatable bonds is 6. The molecule has 0 saturated heterocycles. The Morgan fingerprint density at radius 1 is 1.45 bits per heavy atom. The van der Waals surface area contributed by atoms with E-state index in [1.165, 1.54) is 19.4 Å². The molecule has 2 rings (SSSR count). The van der Waals surface area contributed by atoms with Crippen molar-refractivity contribution < 1.29 is 22.5 Å². The second-order valence-electron chi connectivity index (χ2n) is 4.71. The summed E-state index contributed by atoms with van der Waals surface area (Å²) in [5.74, 6) is -0.618. The molecule has 9 heteroatoms. The summed E-state index contributed by atoms with van der Waals surface area (Å²) in [6.45, 7) is 3.39. The third-order valence-electron chi connectivity index (χ3n) is 3.13. The van der Waals surface area contributed by atoms with Crippen molar-refractivity contribution in [3.05, 3.63) is 18.0 Å². The molecule has 2 aromatic rings. The quantitative estimate of drug-likeness (QED) is 0.732. The molecule has 0 bridgehead atoms. The van der Waals surface area contributed by atoms with Crippen molar-refractivity contribution >= 4 is 27.1 Å². The number of sulfonamides is 1. The fourth-order valence-corrected chi connectivity index (χ4v) is 3.41. The van der Waals surface area contributed by atoms with Crippen molar-refractivity contribution in [2.75, 3.05) is 20.2 Å². The normalized spacial score (nSPS) is 12.0. The van der Waals surface area contributed by atoms with Crippen LogP contribution < -0.4 is 0 Å². The molecule has 22 heavy (non-hydrogen) atoms. The minimum absolute atomic E-state index is 0.0105. The zero-order valence-electron chi connectivity index (χ0n) is 12.6. The summed E-state index contributed by atoms with van der Waals surface area (Å²) in [5.41, 5.74) is 0.820. The number of aryl methyl sites for hydroxylation is 1. The summed E-state index contributed by atoms with van der Waals surface area (Å²) in [6.07, 6.45) is 1.76. The molecule has 120 valence electrons. The molecule has 0 radical (unpaired) electrons. The zero-order valence-corrected chi connectivity index (χ0v) is 13.4. The molecule has 0 aliphatic carbocycles. The van der Waals surface area contributed by atoms with Gasteiger partial charge >= 0.3 is 5.97 Å². The smallest absolute Gasteiger partial charge is 0.321 e. The lowest BCUT2D eigenvalue weighted by Crippen LogP contribution is -2.36. The van der Waals surface area contributed by atoms with E-state index in [9.17, 15) is 13.2 Å². The van der Waals surface area contributed by atoms with Gasteiger partial charge in [0.2, 0.25) is 10.0 Å². The van der Waals surface area contributed by atoms with Crippen molar-refractivity contribution in [3.63, 3.8) is 0 Å². The van der Waals surface area contributed by atoms with Gasteiger partial charge in [-0.25, -0.2) is 13.4 Å². The third-order valence-corrected chi connectivity index (χ3v) is 4.94. The second-order valence-corrected chi connectivity index (χ2v) is 6.64. The van der Waals surface area contributed by atoms with E-state index in [0.29, 0.717) is 17.5 Å². The van der Waals surface area contributed by atoms with Crippen LogP contribution in [0, 0.1) is 6.92 Å². The summed E-state index contributed by atoms with van der Waals surface area (Å²) in [4.78, 5) is 15.4. The van der Waals surface area contributed by atoms with Gasteiger partial charge in [0.25, 0.3) is 5.71 Å². The van der Waals surface area contributed by atoms with Crippen LogP contribution in [-0.4, -0.2) is 49.0 Å². The lowest BCUT2D eigenvalue weighted by molar-refractivity contribution is -0.140. The maximum Gasteiger partial charge on any atom is 0.321 e. The van der Waals surface area contributed by atoms with E-state index < -0.39 is 16.0 Å². The number of esters is 1. The highest BCUT2D eigenvalue weighted by molar-refractivity contribution is 7.89. The zero-order chi connectivity index (χ0) is 16.3. The fourth-order valence-electron chi connectivity index (χ4n) is 1.96. The molecular weight excluding hydrogens is 310 g/mol. The number of pyridine rings is 1. The van der Waals surface area contributed by atoms with E-state index in [1.807, 2.05) is 6.92 Å². The maximum absolute atomic E-state index is 12.7. The van der Waals surface area contributed by atoms with Crippen molar-refractivity contribution in [2.45, 2.75) is 25.2 Å². The Bertz CT molecular complexity index is 784. The molecule has 2 aromatic heterocycles. The van der Waals surface area contributed by atoms with Crippen LogP contribution in [0.15, 0.2) is 21.7 Å². The minimum Gasteiger partial charge on any atom is -0.468 e. The minimum atomic E-state index is -3.85. The topological polar surface area (TPSA) is 103 Å². The molecule has 0 unspecified atom stereocenters. The molecular formula is C13H17N3O5S. The van der Waals surface area contributed by atoms with E-state index >= 15 is 0 Å². The van der Waals surface area contributed by atoms with Crippen LogP contribution in [-0.2, 0) is 19.6 Å². The molecule has 0 amide bonds. The Balaban J connectivity index is 2.43. The van der Waals surface area contributed by atoms with Gasteiger partial charge in [0.05, 0.1) is 24.4 Å². The van der Waals surface area contributed by atoms with Crippen molar-refractivity contribution in [1.82, 2.24) is 14.4 Å². The van der Waals surface area contributed by atoms with Crippen molar-refractivity contribution in [2.24, 2.45) is 0 Å². The van der Waals surface area contributed by atoms with E-state index in [0.717, 1.165) is 4.31 Å². The van der Waals surface area contributed by atoms with Crippen LogP contribution in [0.2, 0.25) is 0 Å². The Kier molecular flexibility index (Phi) is 4.77. The Hall–Kier alpha value is -2.00. The van der Waals surface area contributed by atoms with Gasteiger partial charge in [-0.15, -0.1) is 0 Å². The first kappa shape index (κ1) is 16.4. The number of nitrogens with zero attached hydrogens (tertiary/aromatic N) is 3. The summed E-state index contributed by atoms with van der Waals surface area (Å²) in [5, 5.41) is 4.27. The average molecular weight is 327 g/mol. The lowest BCUT2D eigenvalue weighted by Gasteiger charge is -2.20. The van der Waals surface area contributed by atoms with E-state index in [1.54, 1.807) is 6.92 Å². The van der Waals surface area contributed by atoms with Crippen LogP contribution in [0.25, 0.3) is 11.1 Å². The van der Waals surface area contributed by atoms with E-state index in [4.69, 9.17) is 4.52 Å². The predicted molar refractivity (Wildman–Crippen MR) is 77.6 cm³/mol. The standard InChI is InChI=1S/C13H17N3O5S/c1-4-5-16(8-12(17)20-3)22(18,19)10-6-11-9(2)15-21-13(11)14-7-10/h6-7H,4-5,8H2,1-3H3. The highest BCUT2D eigenvalue weighted by Gasteiger charge is 2.27. The number of hydrogen-bond acceptors (Lipinski definition) is 7. The number of carbonyl (C=O) groups excluding carboxylic acids is 1. The Morgan fingerprint density at radius 3 is 2.82 bits per heavy atom. The molecule has 8 nitrogen and oxygen atoms in total. The first-order valence-corrected chi connectivity index (χ1v) is 8.13. The predicted octanol–water partition coefficient (Wildman–Crippen LogP) is 1.10. The number of hydrogen-bond donors (Lipinski definition) is 0. The highest BCUT2D eigenvalue weighted by atomic mass is 32.2. The molecule has 0 aliphatic heterocycles. The highest BCUT2D eigenvalue weighted by Crippen LogP contribution is 2.22. The second kappa shape index (κ2) is 6.41. The van der Waals surface area contributed by atoms with Crippen molar-refractivity contribution in [1.29, 1.82) is 0 Å².